The lowest BCUT2D eigenvalue weighted by molar-refractivity contribution is 0.0950. The second-order valence-corrected chi connectivity index (χ2v) is 6.14. The molecule has 1 amide bonds. The topological polar surface area (TPSA) is 82.6 Å². The Bertz CT molecular complexity index is 766. The molecule has 1 unspecified atom stereocenters. The van der Waals surface area contributed by atoms with E-state index in [0.717, 1.165) is 12.0 Å². The van der Waals surface area contributed by atoms with Gasteiger partial charge in [-0.05, 0) is 24.6 Å². The van der Waals surface area contributed by atoms with Crippen molar-refractivity contribution >= 4 is 17.5 Å². The number of nitrogens with one attached hydrogen (secondary N) is 1. The fourth-order valence-electron chi connectivity index (χ4n) is 2.47. The predicted octanol–water partition coefficient (Wildman–Crippen LogP) is 2.63. The molecule has 0 aliphatic carbocycles. The fourth-order valence-corrected chi connectivity index (χ4v) is 2.68. The number of amides is 1. The zero-order chi connectivity index (χ0) is 18.4. The lowest BCUT2D eigenvalue weighted by atomic mass is 10.2. The minimum Gasteiger partial charge on any atom is -0.478 e. The van der Waals surface area contributed by atoms with Gasteiger partial charge in [0.25, 0.3) is 5.91 Å². The van der Waals surface area contributed by atoms with Gasteiger partial charge in [0.1, 0.15) is 11.1 Å². The van der Waals surface area contributed by atoms with Gasteiger partial charge in [0.15, 0.2) is 0 Å². The molecule has 7 nitrogen and oxygen atoms in total. The van der Waals surface area contributed by atoms with Crippen molar-refractivity contribution in [1.29, 1.82) is 0 Å². The van der Waals surface area contributed by atoms with Crippen LogP contribution in [-0.4, -0.2) is 41.8 Å². The first kappa shape index (κ1) is 18.4. The third kappa shape index (κ3) is 4.83. The summed E-state index contributed by atoms with van der Waals surface area (Å²) in [6, 6.07) is 5.15. The molecular weight excluding hydrogens is 358 g/mol. The molecule has 1 N–H and O–H groups in total. The van der Waals surface area contributed by atoms with Gasteiger partial charge in [-0.2, -0.15) is 0 Å². The quantitative estimate of drug-likeness (QED) is 0.798. The Morgan fingerprint density at radius 1 is 1.42 bits per heavy atom. The van der Waals surface area contributed by atoms with Gasteiger partial charge >= 0.3 is 0 Å². The monoisotopic (exact) mass is 377 g/mol. The first-order valence-corrected chi connectivity index (χ1v) is 8.79. The summed E-state index contributed by atoms with van der Waals surface area (Å²) >= 11 is 6.19. The zero-order valence-corrected chi connectivity index (χ0v) is 15.2. The van der Waals surface area contributed by atoms with Gasteiger partial charge in [0.05, 0.1) is 25.4 Å². The molecule has 8 heteroatoms. The average Bonchev–Trinajstić information content (AvgIpc) is 3.15. The number of hydrogen-bond donors (Lipinski definition) is 1. The number of pyridine rings is 2. The first-order chi connectivity index (χ1) is 12.7. The van der Waals surface area contributed by atoms with Crippen LogP contribution in [-0.2, 0) is 11.3 Å². The van der Waals surface area contributed by atoms with Crippen molar-refractivity contribution in [3.8, 4) is 11.8 Å². The summed E-state index contributed by atoms with van der Waals surface area (Å²) in [7, 11) is 0. The van der Waals surface area contributed by atoms with Crippen molar-refractivity contribution in [1.82, 2.24) is 15.3 Å². The Balaban J connectivity index is 1.59. The lowest BCUT2D eigenvalue weighted by Gasteiger charge is -2.12. The molecule has 138 valence electrons. The number of halogens is 1. The predicted molar refractivity (Wildman–Crippen MR) is 95.7 cm³/mol. The Labute approximate surface area is 156 Å². The molecule has 0 radical (unpaired) electrons. The number of rotatable bonds is 7. The molecule has 2 aromatic heterocycles. The van der Waals surface area contributed by atoms with E-state index >= 15 is 0 Å². The molecule has 1 fully saturated rings. The van der Waals surface area contributed by atoms with Crippen LogP contribution in [0.4, 0.5) is 0 Å². The summed E-state index contributed by atoms with van der Waals surface area (Å²) in [6.07, 6.45) is 3.84. The maximum Gasteiger partial charge on any atom is 0.253 e. The van der Waals surface area contributed by atoms with Crippen molar-refractivity contribution in [2.75, 3.05) is 19.8 Å². The molecular formula is C18H20ClN3O4. The molecule has 1 saturated heterocycles. The van der Waals surface area contributed by atoms with Crippen LogP contribution in [0.2, 0.25) is 5.02 Å². The minimum absolute atomic E-state index is 0.0501. The van der Waals surface area contributed by atoms with E-state index in [1.165, 1.54) is 6.20 Å². The maximum atomic E-state index is 12.3. The van der Waals surface area contributed by atoms with Crippen molar-refractivity contribution < 1.29 is 19.0 Å². The van der Waals surface area contributed by atoms with Crippen LogP contribution in [0.1, 0.15) is 29.3 Å². The average molecular weight is 378 g/mol. The summed E-state index contributed by atoms with van der Waals surface area (Å²) in [5.74, 6) is 0.570. The van der Waals surface area contributed by atoms with Crippen molar-refractivity contribution in [2.45, 2.75) is 26.0 Å². The van der Waals surface area contributed by atoms with Crippen LogP contribution in [0.3, 0.4) is 0 Å². The first-order valence-electron chi connectivity index (χ1n) is 8.41. The van der Waals surface area contributed by atoms with Crippen molar-refractivity contribution in [3.63, 3.8) is 0 Å². The minimum atomic E-state index is -0.273. The standard InChI is InChI=1S/C18H20ClN3O4/c1-2-25-16-7-12(3-5-20-16)9-21-17(23)13-8-15(19)18(22-10-13)26-14-4-6-24-11-14/h3,5,7-8,10,14H,2,4,6,9,11H2,1H3,(H,21,23). The molecule has 1 aliphatic heterocycles. The number of carbonyl (C=O) groups is 1. The van der Waals surface area contributed by atoms with E-state index in [0.29, 0.717) is 48.7 Å². The smallest absolute Gasteiger partial charge is 0.253 e. The largest absolute Gasteiger partial charge is 0.478 e. The summed E-state index contributed by atoms with van der Waals surface area (Å²) < 4.78 is 16.3. The van der Waals surface area contributed by atoms with Crippen LogP contribution in [0, 0.1) is 0 Å². The Morgan fingerprint density at radius 3 is 3.04 bits per heavy atom. The lowest BCUT2D eigenvalue weighted by Crippen LogP contribution is -2.23. The number of carbonyl (C=O) groups excluding carboxylic acids is 1. The van der Waals surface area contributed by atoms with E-state index in [-0.39, 0.29) is 12.0 Å². The fraction of sp³-hybridized carbons (Fsp3) is 0.389. The van der Waals surface area contributed by atoms with E-state index in [9.17, 15) is 4.79 Å². The molecule has 3 rings (SSSR count). The van der Waals surface area contributed by atoms with Crippen LogP contribution < -0.4 is 14.8 Å². The highest BCUT2D eigenvalue weighted by Crippen LogP contribution is 2.25. The molecule has 26 heavy (non-hydrogen) atoms. The third-order valence-electron chi connectivity index (χ3n) is 3.78. The molecule has 0 aromatic carbocycles. The zero-order valence-electron chi connectivity index (χ0n) is 14.4. The number of hydrogen-bond acceptors (Lipinski definition) is 6. The van der Waals surface area contributed by atoms with Gasteiger partial charge in [-0.3, -0.25) is 4.79 Å². The van der Waals surface area contributed by atoms with Crippen LogP contribution >= 0.6 is 11.6 Å². The SMILES string of the molecule is CCOc1cc(CNC(=O)c2cnc(OC3CCOC3)c(Cl)c2)ccn1. The van der Waals surface area contributed by atoms with E-state index in [4.69, 9.17) is 25.8 Å². The normalized spacial score (nSPS) is 16.3. The Morgan fingerprint density at radius 2 is 2.31 bits per heavy atom. The second-order valence-electron chi connectivity index (χ2n) is 5.73. The molecule has 0 spiro atoms. The highest BCUT2D eigenvalue weighted by molar-refractivity contribution is 6.32. The van der Waals surface area contributed by atoms with Gasteiger partial charge < -0.3 is 19.5 Å². The van der Waals surface area contributed by atoms with Gasteiger partial charge in [-0.25, -0.2) is 9.97 Å². The summed E-state index contributed by atoms with van der Waals surface area (Å²) in [5.41, 5.74) is 1.25. The van der Waals surface area contributed by atoms with Gasteiger partial charge in [0, 0.05) is 31.4 Å². The Kier molecular flexibility index (Phi) is 6.25. The molecule has 1 atom stereocenters. The molecule has 2 aromatic rings. The summed E-state index contributed by atoms with van der Waals surface area (Å²) in [6.45, 7) is 3.96. The van der Waals surface area contributed by atoms with E-state index in [1.807, 2.05) is 13.0 Å². The highest BCUT2D eigenvalue weighted by atomic mass is 35.5. The van der Waals surface area contributed by atoms with Crippen LogP contribution in [0.15, 0.2) is 30.6 Å². The Hall–Kier alpha value is -2.38. The maximum absolute atomic E-state index is 12.3. The second kappa shape index (κ2) is 8.82. The number of ether oxygens (including phenoxy) is 3. The van der Waals surface area contributed by atoms with Crippen molar-refractivity contribution in [3.05, 3.63) is 46.7 Å². The molecule has 3 heterocycles. The molecule has 0 bridgehead atoms. The van der Waals surface area contributed by atoms with Gasteiger partial charge in [-0.1, -0.05) is 11.6 Å². The van der Waals surface area contributed by atoms with E-state index in [2.05, 4.69) is 15.3 Å². The van der Waals surface area contributed by atoms with Crippen LogP contribution in [0.25, 0.3) is 0 Å². The van der Waals surface area contributed by atoms with E-state index in [1.54, 1.807) is 18.3 Å². The summed E-state index contributed by atoms with van der Waals surface area (Å²) in [5, 5.41) is 3.12. The van der Waals surface area contributed by atoms with Gasteiger partial charge in [-0.15, -0.1) is 0 Å². The number of aromatic nitrogens is 2. The van der Waals surface area contributed by atoms with E-state index < -0.39 is 0 Å². The molecule has 1 aliphatic rings. The number of nitrogens with zero attached hydrogens (tertiary/aromatic N) is 2. The van der Waals surface area contributed by atoms with Gasteiger partial charge in [0.2, 0.25) is 11.8 Å². The summed E-state index contributed by atoms with van der Waals surface area (Å²) in [4.78, 5) is 20.6. The van der Waals surface area contributed by atoms with Crippen LogP contribution in [0.5, 0.6) is 11.8 Å². The highest BCUT2D eigenvalue weighted by Gasteiger charge is 2.20. The molecule has 0 saturated carbocycles. The van der Waals surface area contributed by atoms with Crippen molar-refractivity contribution in [2.24, 2.45) is 0 Å². The third-order valence-corrected chi connectivity index (χ3v) is 4.05.